The van der Waals surface area contributed by atoms with Crippen LogP contribution in [0.1, 0.15) is 26.5 Å². The Balaban J connectivity index is 2.78. The molecule has 2 rings (SSSR count). The highest BCUT2D eigenvalue weighted by molar-refractivity contribution is 5.83. The van der Waals surface area contributed by atoms with Crippen LogP contribution in [-0.2, 0) is 5.41 Å². The normalized spacial score (nSPS) is 11.9. The maximum absolute atomic E-state index is 4.20. The molecule has 0 radical (unpaired) electrons. The molecule has 0 amide bonds. The third-order valence-corrected chi connectivity index (χ3v) is 2.17. The van der Waals surface area contributed by atoms with E-state index in [9.17, 15) is 0 Å². The van der Waals surface area contributed by atoms with Crippen LogP contribution in [0.15, 0.2) is 24.7 Å². The van der Waals surface area contributed by atoms with Crippen molar-refractivity contribution in [3.63, 3.8) is 0 Å². The Morgan fingerprint density at radius 2 is 1.93 bits per heavy atom. The highest BCUT2D eigenvalue weighted by Crippen LogP contribution is 2.26. The number of aromatic nitrogens is 3. The lowest BCUT2D eigenvalue weighted by Gasteiger charge is -2.18. The second kappa shape index (κ2) is 3.01. The molecule has 0 N–H and O–H groups in total. The molecule has 0 spiro atoms. The van der Waals surface area contributed by atoms with Gasteiger partial charge in [-0.3, -0.25) is 4.98 Å². The fourth-order valence-electron chi connectivity index (χ4n) is 1.48. The van der Waals surface area contributed by atoms with Gasteiger partial charge in [0.25, 0.3) is 0 Å². The molecule has 2 aromatic rings. The molecule has 0 unspecified atom stereocenters. The molecule has 0 bridgehead atoms. The molecule has 3 nitrogen and oxygen atoms in total. The third-order valence-electron chi connectivity index (χ3n) is 2.17. The topological polar surface area (TPSA) is 38.7 Å². The summed E-state index contributed by atoms with van der Waals surface area (Å²) in [5, 5.41) is 10.4. The third kappa shape index (κ3) is 1.45. The van der Waals surface area contributed by atoms with Gasteiger partial charge in [0.1, 0.15) is 0 Å². The Hall–Kier alpha value is -1.51. The number of fused-ring (bicyclic) bond motifs is 1. The molecule has 2 heterocycles. The zero-order chi connectivity index (χ0) is 10.2. The van der Waals surface area contributed by atoms with Crippen molar-refractivity contribution >= 4 is 10.8 Å². The molecule has 0 fully saturated rings. The van der Waals surface area contributed by atoms with Crippen molar-refractivity contribution in [1.29, 1.82) is 0 Å². The summed E-state index contributed by atoms with van der Waals surface area (Å²) in [6.45, 7) is 6.41. The van der Waals surface area contributed by atoms with E-state index >= 15 is 0 Å². The summed E-state index contributed by atoms with van der Waals surface area (Å²) in [6.07, 6.45) is 5.36. The van der Waals surface area contributed by atoms with Crippen LogP contribution < -0.4 is 0 Å². The second-order valence-corrected chi connectivity index (χ2v) is 4.41. The van der Waals surface area contributed by atoms with E-state index in [0.717, 1.165) is 16.5 Å². The summed E-state index contributed by atoms with van der Waals surface area (Å²) >= 11 is 0. The maximum atomic E-state index is 4.20. The fraction of sp³-hybridized carbons (Fsp3) is 0.364. The van der Waals surface area contributed by atoms with E-state index in [-0.39, 0.29) is 5.41 Å². The Morgan fingerprint density at radius 3 is 2.64 bits per heavy atom. The second-order valence-electron chi connectivity index (χ2n) is 4.41. The lowest BCUT2D eigenvalue weighted by atomic mass is 9.89. The van der Waals surface area contributed by atoms with E-state index in [2.05, 4.69) is 36.0 Å². The molecule has 0 aliphatic carbocycles. The van der Waals surface area contributed by atoms with E-state index < -0.39 is 0 Å². The Kier molecular flexibility index (Phi) is 1.95. The lowest BCUT2D eigenvalue weighted by molar-refractivity contribution is 0.566. The molecule has 0 saturated carbocycles. The van der Waals surface area contributed by atoms with Crippen molar-refractivity contribution < 1.29 is 0 Å². The highest BCUT2D eigenvalue weighted by atomic mass is 15.1. The molecule has 0 aliphatic rings. The molecule has 0 saturated heterocycles. The Morgan fingerprint density at radius 1 is 1.14 bits per heavy atom. The van der Waals surface area contributed by atoms with Crippen LogP contribution in [-0.4, -0.2) is 15.2 Å². The molecule has 14 heavy (non-hydrogen) atoms. The summed E-state index contributed by atoms with van der Waals surface area (Å²) in [5.41, 5.74) is 1.05. The van der Waals surface area contributed by atoms with Crippen LogP contribution in [0.3, 0.4) is 0 Å². The zero-order valence-electron chi connectivity index (χ0n) is 8.65. The quantitative estimate of drug-likeness (QED) is 0.635. The van der Waals surface area contributed by atoms with Gasteiger partial charge < -0.3 is 0 Å². The van der Waals surface area contributed by atoms with Crippen LogP contribution >= 0.6 is 0 Å². The van der Waals surface area contributed by atoms with Crippen LogP contribution in [0.5, 0.6) is 0 Å². The average molecular weight is 187 g/mol. The first-order valence-electron chi connectivity index (χ1n) is 4.65. The largest absolute Gasteiger partial charge is 0.264 e. The van der Waals surface area contributed by atoms with Crippen molar-refractivity contribution in [1.82, 2.24) is 15.2 Å². The number of hydrogen-bond acceptors (Lipinski definition) is 3. The van der Waals surface area contributed by atoms with Crippen LogP contribution in [0, 0.1) is 0 Å². The number of pyridine rings is 1. The standard InChI is InChI=1S/C11H13N3/c1-11(2,3)10-9-4-5-12-6-8(9)7-13-14-10/h4-7H,1-3H3. The van der Waals surface area contributed by atoms with E-state index in [1.54, 1.807) is 12.4 Å². The Labute approximate surface area is 83.2 Å². The van der Waals surface area contributed by atoms with Gasteiger partial charge in [-0.2, -0.15) is 10.2 Å². The van der Waals surface area contributed by atoms with E-state index in [0.29, 0.717) is 0 Å². The lowest BCUT2D eigenvalue weighted by Crippen LogP contribution is -2.14. The summed E-state index contributed by atoms with van der Waals surface area (Å²) in [7, 11) is 0. The SMILES string of the molecule is CC(C)(C)c1nncc2cnccc12. The van der Waals surface area contributed by atoms with Gasteiger partial charge in [0.2, 0.25) is 0 Å². The minimum Gasteiger partial charge on any atom is -0.264 e. The summed E-state index contributed by atoms with van der Waals surface area (Å²) in [5.74, 6) is 0. The smallest absolute Gasteiger partial charge is 0.0763 e. The molecule has 72 valence electrons. The number of hydrogen-bond donors (Lipinski definition) is 0. The van der Waals surface area contributed by atoms with Crippen molar-refractivity contribution in [2.75, 3.05) is 0 Å². The number of rotatable bonds is 0. The first-order chi connectivity index (χ1) is 6.59. The van der Waals surface area contributed by atoms with Gasteiger partial charge in [0, 0.05) is 28.6 Å². The van der Waals surface area contributed by atoms with Gasteiger partial charge in [-0.25, -0.2) is 0 Å². The van der Waals surface area contributed by atoms with Gasteiger partial charge in [-0.15, -0.1) is 0 Å². The zero-order valence-corrected chi connectivity index (χ0v) is 8.65. The van der Waals surface area contributed by atoms with Gasteiger partial charge in [0.05, 0.1) is 11.9 Å². The van der Waals surface area contributed by atoms with Gasteiger partial charge in [-0.05, 0) is 6.07 Å². The molecule has 0 atom stereocenters. The van der Waals surface area contributed by atoms with Gasteiger partial charge in [0.15, 0.2) is 0 Å². The molecule has 0 aromatic carbocycles. The predicted octanol–water partition coefficient (Wildman–Crippen LogP) is 2.32. The van der Waals surface area contributed by atoms with E-state index in [1.165, 1.54) is 0 Å². The first kappa shape index (κ1) is 9.06. The van der Waals surface area contributed by atoms with Crippen molar-refractivity contribution in [3.8, 4) is 0 Å². The summed E-state index contributed by atoms with van der Waals surface area (Å²) in [6, 6.07) is 1.99. The molecule has 0 aliphatic heterocycles. The van der Waals surface area contributed by atoms with Gasteiger partial charge in [-0.1, -0.05) is 20.8 Å². The van der Waals surface area contributed by atoms with Crippen LogP contribution in [0.4, 0.5) is 0 Å². The Bertz CT molecular complexity index is 452. The highest BCUT2D eigenvalue weighted by Gasteiger charge is 2.18. The maximum Gasteiger partial charge on any atom is 0.0763 e. The number of nitrogens with zero attached hydrogens (tertiary/aromatic N) is 3. The average Bonchev–Trinajstić information content (AvgIpc) is 2.15. The summed E-state index contributed by atoms with van der Waals surface area (Å²) in [4.78, 5) is 4.07. The van der Waals surface area contributed by atoms with E-state index in [1.807, 2.05) is 12.3 Å². The molecular formula is C11H13N3. The van der Waals surface area contributed by atoms with Crippen LogP contribution in [0.25, 0.3) is 10.8 Å². The predicted molar refractivity (Wildman–Crippen MR) is 56.0 cm³/mol. The first-order valence-corrected chi connectivity index (χ1v) is 4.65. The molecular weight excluding hydrogens is 174 g/mol. The van der Waals surface area contributed by atoms with E-state index in [4.69, 9.17) is 0 Å². The fourth-order valence-corrected chi connectivity index (χ4v) is 1.48. The van der Waals surface area contributed by atoms with Crippen molar-refractivity contribution in [2.45, 2.75) is 26.2 Å². The minimum absolute atomic E-state index is 0.0217. The van der Waals surface area contributed by atoms with Crippen molar-refractivity contribution in [3.05, 3.63) is 30.4 Å². The molecule has 2 aromatic heterocycles. The van der Waals surface area contributed by atoms with Crippen LogP contribution in [0.2, 0.25) is 0 Å². The monoisotopic (exact) mass is 187 g/mol. The molecule has 3 heteroatoms. The van der Waals surface area contributed by atoms with Gasteiger partial charge >= 0.3 is 0 Å². The van der Waals surface area contributed by atoms with Crippen molar-refractivity contribution in [2.24, 2.45) is 0 Å². The summed E-state index contributed by atoms with van der Waals surface area (Å²) < 4.78 is 0. The minimum atomic E-state index is 0.0217.